The summed E-state index contributed by atoms with van der Waals surface area (Å²) in [7, 11) is 9.63. The molecule has 0 radical (unpaired) electrons. The van der Waals surface area contributed by atoms with E-state index in [0.717, 1.165) is 27.8 Å². The Morgan fingerprint density at radius 3 is 2.10 bits per heavy atom. The van der Waals surface area contributed by atoms with Crippen LogP contribution in [0.25, 0.3) is 32.9 Å². The van der Waals surface area contributed by atoms with E-state index in [0.29, 0.717) is 0 Å². The number of fused-ring (bicyclic) bond motifs is 3. The van der Waals surface area contributed by atoms with Gasteiger partial charge in [-0.25, -0.2) is 0 Å². The summed E-state index contributed by atoms with van der Waals surface area (Å²) >= 11 is -0.106. The molecule has 160 valence electrons. The van der Waals surface area contributed by atoms with Crippen LogP contribution in [0, 0.1) is 6.92 Å². The van der Waals surface area contributed by atoms with Crippen molar-refractivity contribution in [1.82, 2.24) is 4.98 Å². The SMILES string of the molecule is Cc1cc(-c2ccccc2)c2ccc3c(c2n1)[N-]C(C)C=C3c1ccccc1.[Cl][Pd][Cl]. The number of hydrogen-bond acceptors (Lipinski definition) is 1. The van der Waals surface area contributed by atoms with Gasteiger partial charge in [0.2, 0.25) is 0 Å². The third-order valence-corrected chi connectivity index (χ3v) is 5.28. The van der Waals surface area contributed by atoms with E-state index in [2.05, 4.69) is 98.8 Å². The van der Waals surface area contributed by atoms with Gasteiger partial charge in [-0.3, -0.25) is 4.98 Å². The second kappa shape index (κ2) is 9.98. The maximum absolute atomic E-state index is 4.99. The number of pyridine rings is 1. The summed E-state index contributed by atoms with van der Waals surface area (Å²) < 4.78 is 0. The van der Waals surface area contributed by atoms with Crippen LogP contribution in [0.15, 0.2) is 84.9 Å². The van der Waals surface area contributed by atoms with Gasteiger partial charge in [-0.05, 0) is 40.8 Å². The molecule has 1 aromatic heterocycles. The standard InChI is InChI=1S/C26H21N2.2ClH.Pd/c1-17-15-23(19-9-5-3-6-10-19)21-13-14-22-24(20-11-7-4-8-12-20)16-18(2)28-26(22)25(21)27-17;;;/h3-17H,1-2H3;2*1H;/q-1;;;+2/p-2. The molecule has 0 bridgehead atoms. The van der Waals surface area contributed by atoms with Crippen LogP contribution in [0.5, 0.6) is 0 Å². The Morgan fingerprint density at radius 2 is 1.45 bits per heavy atom. The van der Waals surface area contributed by atoms with Crippen molar-refractivity contribution >= 4 is 41.2 Å². The zero-order chi connectivity index (χ0) is 21.8. The summed E-state index contributed by atoms with van der Waals surface area (Å²) in [6.07, 6.45) is 2.25. The van der Waals surface area contributed by atoms with Gasteiger partial charge in [0.25, 0.3) is 0 Å². The minimum atomic E-state index is -0.106. The second-order valence-corrected chi connectivity index (χ2v) is 9.76. The molecule has 1 atom stereocenters. The second-order valence-electron chi connectivity index (χ2n) is 7.40. The molecule has 0 spiro atoms. The van der Waals surface area contributed by atoms with E-state index < -0.39 is 0 Å². The van der Waals surface area contributed by atoms with Gasteiger partial charge in [0.05, 0.1) is 5.52 Å². The predicted octanol–water partition coefficient (Wildman–Crippen LogP) is 8.43. The number of aromatic nitrogens is 1. The zero-order valence-corrected chi connectivity index (χ0v) is 20.2. The predicted molar refractivity (Wildman–Crippen MR) is 130 cm³/mol. The van der Waals surface area contributed by atoms with E-state index in [-0.39, 0.29) is 22.0 Å². The van der Waals surface area contributed by atoms with Crippen molar-refractivity contribution in [2.45, 2.75) is 19.9 Å². The van der Waals surface area contributed by atoms with Crippen LogP contribution in [0.2, 0.25) is 0 Å². The van der Waals surface area contributed by atoms with Crippen molar-refractivity contribution in [2.24, 2.45) is 0 Å². The van der Waals surface area contributed by atoms with E-state index in [9.17, 15) is 0 Å². The van der Waals surface area contributed by atoms with Crippen LogP contribution >= 0.6 is 19.1 Å². The van der Waals surface area contributed by atoms with Crippen LogP contribution < -0.4 is 0 Å². The van der Waals surface area contributed by atoms with Gasteiger partial charge >= 0.3 is 35.0 Å². The Hall–Kier alpha value is -2.15. The number of rotatable bonds is 2. The Labute approximate surface area is 199 Å². The molecule has 5 rings (SSSR count). The number of aryl methyl sites for hydroxylation is 1. The molecule has 3 aromatic carbocycles. The summed E-state index contributed by atoms with van der Waals surface area (Å²) in [6, 6.07) is 27.8. The van der Waals surface area contributed by atoms with Crippen LogP contribution in [-0.2, 0) is 15.9 Å². The molecule has 2 heterocycles. The summed E-state index contributed by atoms with van der Waals surface area (Å²) in [4.78, 5) is 4.92. The van der Waals surface area contributed by atoms with E-state index in [1.165, 1.54) is 22.3 Å². The fourth-order valence-corrected chi connectivity index (χ4v) is 4.05. The van der Waals surface area contributed by atoms with E-state index in [1.54, 1.807) is 0 Å². The fourth-order valence-electron chi connectivity index (χ4n) is 4.05. The Morgan fingerprint density at radius 1 is 0.839 bits per heavy atom. The Bertz CT molecular complexity index is 1220. The molecule has 2 nitrogen and oxygen atoms in total. The Kier molecular flexibility index (Phi) is 7.10. The van der Waals surface area contributed by atoms with E-state index >= 15 is 0 Å². The first-order chi connectivity index (χ1) is 15.1. The Balaban J connectivity index is 0.000000730. The molecule has 0 fully saturated rings. The number of halogens is 2. The number of hydrogen-bond donors (Lipinski definition) is 0. The average Bonchev–Trinajstić information content (AvgIpc) is 2.80. The molecule has 0 aliphatic carbocycles. The topological polar surface area (TPSA) is 27.0 Å². The third-order valence-electron chi connectivity index (χ3n) is 5.28. The maximum atomic E-state index is 4.99. The molecular formula is C26H21Cl2N2Pd-. The first kappa shape index (κ1) is 22.1. The monoisotopic (exact) mass is 537 g/mol. The first-order valence-electron chi connectivity index (χ1n) is 9.93. The van der Waals surface area contributed by atoms with Crippen LogP contribution in [0.1, 0.15) is 23.7 Å². The van der Waals surface area contributed by atoms with Crippen molar-refractivity contribution in [3.8, 4) is 11.1 Å². The van der Waals surface area contributed by atoms with Gasteiger partial charge in [-0.15, -0.1) is 11.7 Å². The molecular weight excluding hydrogens is 518 g/mol. The van der Waals surface area contributed by atoms with E-state index in [1.807, 2.05) is 0 Å². The summed E-state index contributed by atoms with van der Waals surface area (Å²) in [6.45, 7) is 4.20. The molecule has 31 heavy (non-hydrogen) atoms. The van der Waals surface area contributed by atoms with Crippen molar-refractivity contribution in [3.63, 3.8) is 0 Å². The summed E-state index contributed by atoms with van der Waals surface area (Å²) in [5.74, 6) is 0. The number of benzene rings is 3. The van der Waals surface area contributed by atoms with Gasteiger partial charge in [-0.1, -0.05) is 85.8 Å². The summed E-state index contributed by atoms with van der Waals surface area (Å²) in [5.41, 5.74) is 9.06. The third kappa shape index (κ3) is 4.71. The molecule has 0 saturated heterocycles. The minimum absolute atomic E-state index is 0.106. The molecule has 1 aliphatic heterocycles. The molecule has 4 aromatic rings. The molecule has 5 heteroatoms. The van der Waals surface area contributed by atoms with Crippen molar-refractivity contribution in [2.75, 3.05) is 0 Å². The normalized spacial score (nSPS) is 14.8. The van der Waals surface area contributed by atoms with Gasteiger partial charge in [-0.2, -0.15) is 0 Å². The number of nitrogens with zero attached hydrogens (tertiary/aromatic N) is 2. The van der Waals surface area contributed by atoms with Gasteiger partial charge in [0.1, 0.15) is 0 Å². The molecule has 0 amide bonds. The fraction of sp³-hybridized carbons (Fsp3) is 0.115. The van der Waals surface area contributed by atoms with Crippen molar-refractivity contribution < 1.29 is 15.9 Å². The van der Waals surface area contributed by atoms with Gasteiger partial charge in [0, 0.05) is 11.1 Å². The van der Waals surface area contributed by atoms with Crippen LogP contribution in [0.3, 0.4) is 0 Å². The van der Waals surface area contributed by atoms with Gasteiger partial charge in [0.15, 0.2) is 0 Å². The molecule has 1 unspecified atom stereocenters. The molecule has 0 saturated carbocycles. The van der Waals surface area contributed by atoms with Crippen LogP contribution in [-0.4, -0.2) is 11.0 Å². The van der Waals surface area contributed by atoms with Crippen molar-refractivity contribution in [3.05, 3.63) is 107 Å². The van der Waals surface area contributed by atoms with Gasteiger partial charge < -0.3 is 5.32 Å². The van der Waals surface area contributed by atoms with E-state index in [4.69, 9.17) is 29.4 Å². The summed E-state index contributed by atoms with van der Waals surface area (Å²) in [5, 5.41) is 6.14. The average molecular weight is 539 g/mol. The van der Waals surface area contributed by atoms with Crippen molar-refractivity contribution in [1.29, 1.82) is 0 Å². The molecule has 1 aliphatic rings. The quantitative estimate of drug-likeness (QED) is 0.235. The zero-order valence-electron chi connectivity index (χ0n) is 17.1. The first-order valence-corrected chi connectivity index (χ1v) is 13.9. The van der Waals surface area contributed by atoms with Crippen LogP contribution in [0.4, 0.5) is 5.69 Å². The molecule has 0 N–H and O–H groups in total.